The van der Waals surface area contributed by atoms with Crippen molar-refractivity contribution in [3.63, 3.8) is 0 Å². The second kappa shape index (κ2) is 15.5. The van der Waals surface area contributed by atoms with Crippen LogP contribution in [0.1, 0.15) is 78.7 Å². The van der Waals surface area contributed by atoms with E-state index in [9.17, 15) is 40.7 Å². The summed E-state index contributed by atoms with van der Waals surface area (Å²) in [4.78, 5) is 38.7. The molecule has 0 unspecified atom stereocenters. The molecule has 7 nitrogen and oxygen atoms in total. The summed E-state index contributed by atoms with van der Waals surface area (Å²) in [5, 5.41) is 4.92. The quantitative estimate of drug-likeness (QED) is 0.127. The minimum absolute atomic E-state index is 0.0120. The van der Waals surface area contributed by atoms with Crippen molar-refractivity contribution >= 4 is 34.9 Å². The van der Waals surface area contributed by atoms with Crippen molar-refractivity contribution in [2.75, 3.05) is 25.6 Å². The van der Waals surface area contributed by atoms with Crippen LogP contribution in [0.15, 0.2) is 36.4 Å². The molecule has 2 amide bonds. The van der Waals surface area contributed by atoms with Gasteiger partial charge in [-0.2, -0.15) is 26.3 Å². The predicted octanol–water partition coefficient (Wildman–Crippen LogP) is 8.15. The van der Waals surface area contributed by atoms with Crippen LogP contribution in [0.4, 0.5) is 32.0 Å². The highest BCUT2D eigenvalue weighted by Crippen LogP contribution is 2.41. The van der Waals surface area contributed by atoms with Crippen LogP contribution >= 0.6 is 11.6 Å². The van der Waals surface area contributed by atoms with Gasteiger partial charge in [0.2, 0.25) is 5.91 Å². The van der Waals surface area contributed by atoms with Crippen molar-refractivity contribution in [1.29, 1.82) is 0 Å². The summed E-state index contributed by atoms with van der Waals surface area (Å²) in [7, 11) is 1.49. The highest BCUT2D eigenvalue weighted by Gasteiger charge is 2.52. The zero-order valence-corrected chi connectivity index (χ0v) is 26.4. The Morgan fingerprint density at radius 3 is 2.20 bits per heavy atom. The van der Waals surface area contributed by atoms with E-state index in [1.165, 1.54) is 43.5 Å². The van der Waals surface area contributed by atoms with Gasteiger partial charge in [0, 0.05) is 25.8 Å². The van der Waals surface area contributed by atoms with E-state index >= 15 is 0 Å². The zero-order valence-electron chi connectivity index (χ0n) is 25.7. The number of benzene rings is 2. The van der Waals surface area contributed by atoms with E-state index in [0.717, 1.165) is 13.8 Å². The molecule has 3 rings (SSSR count). The summed E-state index contributed by atoms with van der Waals surface area (Å²) >= 11 is 6.23. The molecule has 14 heteroatoms. The van der Waals surface area contributed by atoms with Crippen molar-refractivity contribution in [3.05, 3.63) is 58.1 Å². The number of Topliss-reactive ketones (excluding diaryl/α,β-unsaturated/α-hetero) is 1. The molecule has 0 radical (unpaired) electrons. The van der Waals surface area contributed by atoms with Gasteiger partial charge in [-0.25, -0.2) is 0 Å². The Kier molecular flexibility index (Phi) is 12.5. The molecule has 0 aromatic heterocycles. The molecule has 2 aromatic rings. The van der Waals surface area contributed by atoms with Crippen LogP contribution in [0, 0.1) is 17.3 Å². The Morgan fingerprint density at radius 1 is 0.913 bits per heavy atom. The average molecular weight is 679 g/mol. The van der Waals surface area contributed by atoms with Gasteiger partial charge in [0.05, 0.1) is 28.7 Å². The van der Waals surface area contributed by atoms with E-state index in [0.29, 0.717) is 24.8 Å². The van der Waals surface area contributed by atoms with Crippen molar-refractivity contribution in [3.8, 4) is 5.75 Å². The molecule has 1 fully saturated rings. The molecule has 2 aromatic carbocycles. The van der Waals surface area contributed by atoms with Crippen molar-refractivity contribution in [1.82, 2.24) is 5.32 Å². The molecule has 0 atom stereocenters. The lowest BCUT2D eigenvalue weighted by molar-refractivity contribution is -0.211. The molecular formula is C32H37ClF6N2O5. The summed E-state index contributed by atoms with van der Waals surface area (Å²) < 4.78 is 89.4. The summed E-state index contributed by atoms with van der Waals surface area (Å²) in [6, 6.07) is 8.60. The highest BCUT2D eigenvalue weighted by atomic mass is 35.5. The van der Waals surface area contributed by atoms with Crippen LogP contribution in [0.25, 0.3) is 0 Å². The van der Waals surface area contributed by atoms with Crippen LogP contribution in [0.5, 0.6) is 5.75 Å². The van der Waals surface area contributed by atoms with E-state index in [1.54, 1.807) is 0 Å². The number of alkyl halides is 6. The third-order valence-electron chi connectivity index (χ3n) is 8.18. The van der Waals surface area contributed by atoms with Crippen LogP contribution in [-0.4, -0.2) is 50.3 Å². The van der Waals surface area contributed by atoms with E-state index in [2.05, 4.69) is 10.6 Å². The fourth-order valence-corrected chi connectivity index (χ4v) is 5.23. The normalized spacial score (nSPS) is 17.3. The molecule has 1 aliphatic rings. The van der Waals surface area contributed by atoms with Crippen molar-refractivity contribution in [2.45, 2.75) is 71.3 Å². The van der Waals surface area contributed by atoms with Gasteiger partial charge in [-0.05, 0) is 87.8 Å². The molecule has 2 N–H and O–H groups in total. The maximum absolute atomic E-state index is 13.3. The van der Waals surface area contributed by atoms with E-state index in [-0.39, 0.29) is 78.3 Å². The Balaban J connectivity index is 1.72. The fraction of sp³-hybridized carbons (Fsp3) is 0.531. The first-order chi connectivity index (χ1) is 21.4. The van der Waals surface area contributed by atoms with Crippen LogP contribution in [0.3, 0.4) is 0 Å². The summed E-state index contributed by atoms with van der Waals surface area (Å²) in [5.41, 5.74) is -1.93. The second-order valence-electron chi connectivity index (χ2n) is 11.8. The lowest BCUT2D eigenvalue weighted by atomic mass is 9.79. The third-order valence-corrected chi connectivity index (χ3v) is 8.51. The first kappa shape index (κ1) is 37.1. The Hall–Kier alpha value is -3.32. The summed E-state index contributed by atoms with van der Waals surface area (Å²) in [6.45, 7) is 1.62. The number of ether oxygens (including phenoxy) is 2. The average Bonchev–Trinajstić information content (AvgIpc) is 2.99. The lowest BCUT2D eigenvalue weighted by Gasteiger charge is -2.29. The fourth-order valence-electron chi connectivity index (χ4n) is 5.02. The molecule has 254 valence electrons. The molecule has 0 saturated heterocycles. The SMILES string of the molecule is COCCOc1ccc(NC(=O)c2cc(CNC(=O)C(C)(C)C(F)(F)F)ccc2Cl)cc1C(=O)CCC1CCC(C(F)(F)F)CC1. The van der Waals surface area contributed by atoms with E-state index in [1.807, 2.05) is 0 Å². The first-order valence-electron chi connectivity index (χ1n) is 14.7. The van der Waals surface area contributed by atoms with Gasteiger partial charge in [0.1, 0.15) is 17.8 Å². The Labute approximate surface area is 268 Å². The van der Waals surface area contributed by atoms with E-state index in [4.69, 9.17) is 21.1 Å². The molecule has 0 heterocycles. The van der Waals surface area contributed by atoms with Crippen LogP contribution in [0.2, 0.25) is 5.02 Å². The smallest absolute Gasteiger partial charge is 0.402 e. The standard InChI is InChI=1S/C32H37ClF6N2O5/c1-30(2,32(37,38)39)29(44)40-18-20-6-11-25(33)23(16-20)28(43)41-22-10-13-27(46-15-14-45-3)24(17-22)26(42)12-7-19-4-8-21(9-5-19)31(34,35)36/h6,10-11,13,16-17,19,21H,4-5,7-9,12,14-15,18H2,1-3H3,(H,40,44)(H,41,43). The maximum Gasteiger partial charge on any atom is 0.402 e. The van der Waals surface area contributed by atoms with Gasteiger partial charge in [0.15, 0.2) is 5.78 Å². The number of hydrogen-bond donors (Lipinski definition) is 2. The van der Waals surface area contributed by atoms with Crippen LogP contribution in [-0.2, 0) is 16.1 Å². The van der Waals surface area contributed by atoms with Crippen molar-refractivity contribution < 1.29 is 50.2 Å². The van der Waals surface area contributed by atoms with Crippen molar-refractivity contribution in [2.24, 2.45) is 17.3 Å². The number of rotatable bonds is 13. The topological polar surface area (TPSA) is 93.7 Å². The number of amides is 2. The number of halogens is 7. The number of hydrogen-bond acceptors (Lipinski definition) is 5. The molecule has 0 aliphatic heterocycles. The Morgan fingerprint density at radius 2 is 1.59 bits per heavy atom. The molecule has 0 spiro atoms. The Bertz CT molecular complexity index is 1390. The molecular weight excluding hydrogens is 642 g/mol. The highest BCUT2D eigenvalue weighted by molar-refractivity contribution is 6.34. The molecule has 1 saturated carbocycles. The van der Waals surface area contributed by atoms with E-state index < -0.39 is 35.5 Å². The van der Waals surface area contributed by atoms with Gasteiger partial charge in [-0.3, -0.25) is 14.4 Å². The number of carbonyl (C=O) groups excluding carboxylic acids is 3. The minimum Gasteiger partial charge on any atom is -0.490 e. The molecule has 1 aliphatic carbocycles. The summed E-state index contributed by atoms with van der Waals surface area (Å²) in [5.74, 6) is -3.30. The third kappa shape index (κ3) is 9.84. The monoisotopic (exact) mass is 678 g/mol. The van der Waals surface area contributed by atoms with Gasteiger partial charge in [-0.15, -0.1) is 0 Å². The zero-order chi connectivity index (χ0) is 34.3. The lowest BCUT2D eigenvalue weighted by Crippen LogP contribution is -2.46. The number of nitrogens with one attached hydrogen (secondary N) is 2. The van der Waals surface area contributed by atoms with Gasteiger partial charge in [-0.1, -0.05) is 17.7 Å². The van der Waals surface area contributed by atoms with Gasteiger partial charge >= 0.3 is 12.4 Å². The predicted molar refractivity (Wildman–Crippen MR) is 160 cm³/mol. The number of methoxy groups -OCH3 is 1. The maximum atomic E-state index is 13.3. The second-order valence-corrected chi connectivity index (χ2v) is 12.3. The minimum atomic E-state index is -4.76. The number of ketones is 1. The van der Waals surface area contributed by atoms with Gasteiger partial charge in [0.25, 0.3) is 5.91 Å². The molecule has 46 heavy (non-hydrogen) atoms. The van der Waals surface area contributed by atoms with Crippen LogP contribution < -0.4 is 15.4 Å². The van der Waals surface area contributed by atoms with Gasteiger partial charge < -0.3 is 20.1 Å². The largest absolute Gasteiger partial charge is 0.490 e. The number of carbonyl (C=O) groups is 3. The summed E-state index contributed by atoms with van der Waals surface area (Å²) in [6.07, 6.45) is -7.64. The number of anilines is 1. The first-order valence-corrected chi connectivity index (χ1v) is 15.1. The molecule has 0 bridgehead atoms.